The van der Waals surface area contributed by atoms with Crippen LogP contribution in [-0.4, -0.2) is 27.2 Å². The van der Waals surface area contributed by atoms with E-state index in [0.29, 0.717) is 25.3 Å². The number of ether oxygens (including phenoxy) is 1. The number of carboxylic acids is 1. The summed E-state index contributed by atoms with van der Waals surface area (Å²) in [6.45, 7) is 7.05. The van der Waals surface area contributed by atoms with Crippen LogP contribution >= 0.6 is 11.3 Å². The highest BCUT2D eigenvalue weighted by molar-refractivity contribution is 7.18. The molecule has 0 atom stereocenters. The number of hydrogen-bond acceptors (Lipinski definition) is 5. The Kier molecular flexibility index (Phi) is 6.14. The Morgan fingerprint density at radius 1 is 1.25 bits per heavy atom. The molecule has 0 radical (unpaired) electrons. The fourth-order valence-electron chi connectivity index (χ4n) is 3.12. The zero-order valence-electron chi connectivity index (χ0n) is 16.3. The van der Waals surface area contributed by atoms with Crippen molar-refractivity contribution < 1.29 is 14.6 Å². The van der Waals surface area contributed by atoms with Gasteiger partial charge >= 0.3 is 5.97 Å². The number of fused-ring (bicyclic) bond motifs is 1. The lowest BCUT2D eigenvalue weighted by Crippen LogP contribution is -2.26. The molecule has 6 nitrogen and oxygen atoms in total. The van der Waals surface area contributed by atoms with Crippen LogP contribution in [0.4, 0.5) is 0 Å². The number of aromatic nitrogens is 2. The topological polar surface area (TPSA) is 81.4 Å². The van der Waals surface area contributed by atoms with Crippen LogP contribution in [0.1, 0.15) is 46.4 Å². The molecule has 0 aliphatic rings. The molecule has 0 amide bonds. The standard InChI is InChI=1S/C21H24N2O4S/c1-4-6-17-22-19-18(13(2)14(3)28-19)20(24)23(17)11-5-12-27-16-9-7-15(8-10-16)21(25)26/h7-10H,4-6,11-12H2,1-3H3,(H,25,26). The van der Waals surface area contributed by atoms with Crippen molar-refractivity contribution in [1.82, 2.24) is 9.55 Å². The van der Waals surface area contributed by atoms with Crippen LogP contribution < -0.4 is 10.3 Å². The molecule has 2 aromatic heterocycles. The predicted molar refractivity (Wildman–Crippen MR) is 111 cm³/mol. The zero-order chi connectivity index (χ0) is 20.3. The van der Waals surface area contributed by atoms with Crippen molar-refractivity contribution in [2.24, 2.45) is 0 Å². The average Bonchev–Trinajstić information content (AvgIpc) is 2.95. The Balaban J connectivity index is 1.73. The van der Waals surface area contributed by atoms with Gasteiger partial charge in [0.15, 0.2) is 0 Å². The minimum Gasteiger partial charge on any atom is -0.494 e. The highest BCUT2D eigenvalue weighted by Gasteiger charge is 2.16. The number of aryl methyl sites for hydroxylation is 3. The van der Waals surface area contributed by atoms with Gasteiger partial charge in [0.2, 0.25) is 0 Å². The van der Waals surface area contributed by atoms with E-state index in [1.165, 1.54) is 12.1 Å². The lowest BCUT2D eigenvalue weighted by molar-refractivity contribution is 0.0697. The molecule has 0 aliphatic heterocycles. The summed E-state index contributed by atoms with van der Waals surface area (Å²) in [6, 6.07) is 6.31. The molecule has 3 aromatic rings. The molecule has 0 fully saturated rings. The number of benzene rings is 1. The van der Waals surface area contributed by atoms with Gasteiger partial charge in [0.1, 0.15) is 16.4 Å². The van der Waals surface area contributed by atoms with Crippen LogP contribution in [0.2, 0.25) is 0 Å². The van der Waals surface area contributed by atoms with Crippen molar-refractivity contribution in [3.63, 3.8) is 0 Å². The first-order valence-electron chi connectivity index (χ1n) is 9.38. The first-order valence-corrected chi connectivity index (χ1v) is 10.2. The minimum atomic E-state index is -0.962. The fraction of sp³-hybridized carbons (Fsp3) is 0.381. The maximum Gasteiger partial charge on any atom is 0.335 e. The van der Waals surface area contributed by atoms with E-state index in [4.69, 9.17) is 14.8 Å². The van der Waals surface area contributed by atoms with Crippen LogP contribution in [0.15, 0.2) is 29.1 Å². The number of aromatic carboxylic acids is 1. The number of nitrogens with zero attached hydrogens (tertiary/aromatic N) is 2. The van der Waals surface area contributed by atoms with Crippen LogP contribution in [-0.2, 0) is 13.0 Å². The van der Waals surface area contributed by atoms with Crippen LogP contribution in [0.25, 0.3) is 10.2 Å². The number of hydrogen-bond donors (Lipinski definition) is 1. The van der Waals surface area contributed by atoms with Gasteiger partial charge in [-0.15, -0.1) is 11.3 Å². The van der Waals surface area contributed by atoms with Gasteiger partial charge in [-0.3, -0.25) is 9.36 Å². The normalized spacial score (nSPS) is 11.1. The molecular weight excluding hydrogens is 376 g/mol. The lowest BCUT2D eigenvalue weighted by atomic mass is 10.2. The van der Waals surface area contributed by atoms with E-state index in [-0.39, 0.29) is 11.1 Å². The van der Waals surface area contributed by atoms with E-state index in [2.05, 4.69) is 6.92 Å². The van der Waals surface area contributed by atoms with Crippen molar-refractivity contribution in [2.45, 2.75) is 46.6 Å². The van der Waals surface area contributed by atoms with Gasteiger partial charge < -0.3 is 9.84 Å². The number of thiophene rings is 1. The summed E-state index contributed by atoms with van der Waals surface area (Å²) in [5.41, 5.74) is 1.27. The fourth-order valence-corrected chi connectivity index (χ4v) is 4.16. The molecule has 0 saturated carbocycles. The molecular formula is C21H24N2O4S. The third-order valence-corrected chi connectivity index (χ3v) is 5.84. The van der Waals surface area contributed by atoms with Gasteiger partial charge in [0, 0.05) is 17.8 Å². The SMILES string of the molecule is CCCc1nc2sc(C)c(C)c2c(=O)n1CCCOc1ccc(C(=O)O)cc1. The van der Waals surface area contributed by atoms with E-state index in [1.54, 1.807) is 28.0 Å². The Morgan fingerprint density at radius 3 is 2.61 bits per heavy atom. The summed E-state index contributed by atoms with van der Waals surface area (Å²) >= 11 is 1.58. The first kappa shape index (κ1) is 20.1. The molecule has 0 saturated heterocycles. The van der Waals surface area contributed by atoms with E-state index in [0.717, 1.165) is 39.3 Å². The zero-order valence-corrected chi connectivity index (χ0v) is 17.1. The molecule has 28 heavy (non-hydrogen) atoms. The van der Waals surface area contributed by atoms with Gasteiger partial charge in [0.25, 0.3) is 5.56 Å². The summed E-state index contributed by atoms with van der Waals surface area (Å²) in [4.78, 5) is 30.7. The Bertz CT molecular complexity index is 1050. The molecule has 0 spiro atoms. The number of carbonyl (C=O) groups is 1. The highest BCUT2D eigenvalue weighted by atomic mass is 32.1. The minimum absolute atomic E-state index is 0.0288. The van der Waals surface area contributed by atoms with E-state index < -0.39 is 5.97 Å². The van der Waals surface area contributed by atoms with Crippen molar-refractivity contribution >= 4 is 27.5 Å². The third-order valence-electron chi connectivity index (χ3n) is 4.74. The molecule has 1 aromatic carbocycles. The smallest absolute Gasteiger partial charge is 0.335 e. The second-order valence-corrected chi connectivity index (χ2v) is 7.93. The van der Waals surface area contributed by atoms with E-state index >= 15 is 0 Å². The van der Waals surface area contributed by atoms with Gasteiger partial charge in [-0.1, -0.05) is 6.92 Å². The predicted octanol–water partition coefficient (Wildman–Crippen LogP) is 4.19. The Labute approximate surface area is 167 Å². The largest absolute Gasteiger partial charge is 0.494 e. The van der Waals surface area contributed by atoms with Gasteiger partial charge in [-0.2, -0.15) is 0 Å². The molecule has 1 N–H and O–H groups in total. The van der Waals surface area contributed by atoms with Crippen molar-refractivity contribution in [1.29, 1.82) is 0 Å². The molecule has 0 aliphatic carbocycles. The Hall–Kier alpha value is -2.67. The molecule has 3 rings (SSSR count). The second kappa shape index (κ2) is 8.56. The van der Waals surface area contributed by atoms with Crippen molar-refractivity contribution in [3.8, 4) is 5.75 Å². The molecule has 2 heterocycles. The summed E-state index contributed by atoms with van der Waals surface area (Å²) in [6.07, 6.45) is 2.35. The monoisotopic (exact) mass is 400 g/mol. The van der Waals surface area contributed by atoms with Crippen LogP contribution in [0.3, 0.4) is 0 Å². The van der Waals surface area contributed by atoms with Gasteiger partial charge in [0.05, 0.1) is 17.6 Å². The van der Waals surface area contributed by atoms with E-state index in [1.807, 2.05) is 13.8 Å². The number of carboxylic acid groups (broad SMARTS) is 1. The summed E-state index contributed by atoms with van der Waals surface area (Å²) in [5.74, 6) is 0.479. The maximum absolute atomic E-state index is 13.1. The highest BCUT2D eigenvalue weighted by Crippen LogP contribution is 2.26. The average molecular weight is 401 g/mol. The third kappa shape index (κ3) is 4.09. The van der Waals surface area contributed by atoms with Crippen molar-refractivity contribution in [2.75, 3.05) is 6.61 Å². The molecule has 7 heteroatoms. The summed E-state index contributed by atoms with van der Waals surface area (Å²) in [5, 5.41) is 9.66. The van der Waals surface area contributed by atoms with Gasteiger partial charge in [-0.25, -0.2) is 9.78 Å². The molecule has 148 valence electrons. The summed E-state index contributed by atoms with van der Waals surface area (Å²) < 4.78 is 7.47. The lowest BCUT2D eigenvalue weighted by Gasteiger charge is -2.13. The van der Waals surface area contributed by atoms with E-state index in [9.17, 15) is 9.59 Å². The van der Waals surface area contributed by atoms with Crippen LogP contribution in [0, 0.1) is 13.8 Å². The van der Waals surface area contributed by atoms with Crippen LogP contribution in [0.5, 0.6) is 5.75 Å². The number of rotatable bonds is 8. The Morgan fingerprint density at radius 2 is 1.96 bits per heavy atom. The van der Waals surface area contributed by atoms with Gasteiger partial charge in [-0.05, 0) is 56.5 Å². The quantitative estimate of drug-likeness (QED) is 0.573. The first-order chi connectivity index (χ1) is 13.4. The summed E-state index contributed by atoms with van der Waals surface area (Å²) in [7, 11) is 0. The molecule has 0 unspecified atom stereocenters. The molecule has 0 bridgehead atoms. The maximum atomic E-state index is 13.1. The second-order valence-electron chi connectivity index (χ2n) is 6.73. The van der Waals surface area contributed by atoms with Crippen molar-refractivity contribution in [3.05, 3.63) is 56.4 Å².